The van der Waals surface area contributed by atoms with Crippen molar-refractivity contribution in [3.63, 3.8) is 0 Å². The summed E-state index contributed by atoms with van der Waals surface area (Å²) < 4.78 is 10.1. The SMILES string of the molecule is C=CC(=O)OC(C)(C)C.CC(C)(C)OC(=O)N1CCCCC1CO. The Kier molecular flexibility index (Phi) is 9.04. The van der Waals surface area contributed by atoms with Gasteiger partial charge in [0, 0.05) is 12.6 Å². The van der Waals surface area contributed by atoms with E-state index in [9.17, 15) is 9.59 Å². The second-order valence-electron chi connectivity index (χ2n) is 7.74. The molecule has 6 nitrogen and oxygen atoms in total. The first kappa shape index (κ1) is 22.4. The number of amides is 1. The average molecular weight is 343 g/mol. The first-order valence-electron chi connectivity index (χ1n) is 8.35. The lowest BCUT2D eigenvalue weighted by Crippen LogP contribution is -2.47. The number of aliphatic hydroxyl groups is 1. The molecule has 1 amide bonds. The molecule has 1 heterocycles. The number of ether oxygens (including phenoxy) is 2. The van der Waals surface area contributed by atoms with E-state index in [-0.39, 0.29) is 24.7 Å². The van der Waals surface area contributed by atoms with Gasteiger partial charge in [-0.05, 0) is 60.8 Å². The number of hydrogen-bond donors (Lipinski definition) is 1. The number of esters is 1. The first-order chi connectivity index (χ1) is 10.9. The summed E-state index contributed by atoms with van der Waals surface area (Å²) in [7, 11) is 0. The highest BCUT2D eigenvalue weighted by Gasteiger charge is 2.29. The highest BCUT2D eigenvalue weighted by atomic mass is 16.6. The molecule has 1 atom stereocenters. The Bertz CT molecular complexity index is 420. The highest BCUT2D eigenvalue weighted by Crippen LogP contribution is 2.19. The van der Waals surface area contributed by atoms with E-state index in [0.29, 0.717) is 6.54 Å². The number of aliphatic hydroxyl groups excluding tert-OH is 1. The zero-order chi connectivity index (χ0) is 19.0. The van der Waals surface area contributed by atoms with Crippen LogP contribution in [-0.2, 0) is 14.3 Å². The normalized spacial score (nSPS) is 18.1. The van der Waals surface area contributed by atoms with Crippen molar-refractivity contribution < 1.29 is 24.2 Å². The monoisotopic (exact) mass is 343 g/mol. The molecule has 0 spiro atoms. The molecule has 1 unspecified atom stereocenters. The topological polar surface area (TPSA) is 76.1 Å². The van der Waals surface area contributed by atoms with Gasteiger partial charge in [-0.15, -0.1) is 0 Å². The summed E-state index contributed by atoms with van der Waals surface area (Å²) in [6.45, 7) is 15.0. The Labute approximate surface area is 145 Å². The Morgan fingerprint density at radius 1 is 1.12 bits per heavy atom. The van der Waals surface area contributed by atoms with Crippen molar-refractivity contribution >= 4 is 12.1 Å². The average Bonchev–Trinajstić information content (AvgIpc) is 2.44. The second kappa shape index (κ2) is 9.67. The van der Waals surface area contributed by atoms with Crippen LogP contribution < -0.4 is 0 Å². The first-order valence-corrected chi connectivity index (χ1v) is 8.35. The van der Waals surface area contributed by atoms with Crippen LogP contribution in [-0.4, -0.2) is 52.5 Å². The molecule has 1 aliphatic rings. The summed E-state index contributed by atoms with van der Waals surface area (Å²) in [6, 6.07) is -0.0615. The molecule has 0 radical (unpaired) electrons. The zero-order valence-electron chi connectivity index (χ0n) is 15.9. The lowest BCUT2D eigenvalue weighted by Gasteiger charge is -2.35. The van der Waals surface area contributed by atoms with Gasteiger partial charge in [0.05, 0.1) is 12.6 Å². The molecule has 1 fully saturated rings. The van der Waals surface area contributed by atoms with Crippen LogP contribution in [0.2, 0.25) is 0 Å². The van der Waals surface area contributed by atoms with Crippen molar-refractivity contribution in [3.8, 4) is 0 Å². The predicted molar refractivity (Wildman–Crippen MR) is 93.7 cm³/mol. The third-order valence-corrected chi connectivity index (χ3v) is 3.04. The van der Waals surface area contributed by atoms with Crippen molar-refractivity contribution in [3.05, 3.63) is 12.7 Å². The smallest absolute Gasteiger partial charge is 0.410 e. The molecular formula is C18H33NO5. The van der Waals surface area contributed by atoms with Crippen molar-refractivity contribution in [2.75, 3.05) is 13.2 Å². The van der Waals surface area contributed by atoms with Crippen molar-refractivity contribution in [1.29, 1.82) is 0 Å². The maximum absolute atomic E-state index is 11.8. The van der Waals surface area contributed by atoms with Crippen molar-refractivity contribution in [1.82, 2.24) is 4.90 Å². The van der Waals surface area contributed by atoms with E-state index in [4.69, 9.17) is 14.6 Å². The third-order valence-electron chi connectivity index (χ3n) is 3.04. The fourth-order valence-corrected chi connectivity index (χ4v) is 2.09. The lowest BCUT2D eigenvalue weighted by atomic mass is 10.0. The second-order valence-corrected chi connectivity index (χ2v) is 7.74. The number of likely N-dealkylation sites (tertiary alicyclic amines) is 1. The molecule has 0 saturated carbocycles. The summed E-state index contributed by atoms with van der Waals surface area (Å²) in [4.78, 5) is 23.9. The van der Waals surface area contributed by atoms with Crippen molar-refractivity contribution in [2.45, 2.75) is 78.0 Å². The number of rotatable bonds is 2. The highest BCUT2D eigenvalue weighted by molar-refractivity contribution is 5.81. The molecule has 1 rings (SSSR count). The van der Waals surface area contributed by atoms with Crippen molar-refractivity contribution in [2.24, 2.45) is 0 Å². The Hall–Kier alpha value is -1.56. The molecule has 0 aromatic carbocycles. The van der Waals surface area contributed by atoms with Gasteiger partial charge in [0.1, 0.15) is 11.2 Å². The van der Waals surface area contributed by atoms with Gasteiger partial charge in [-0.1, -0.05) is 6.58 Å². The lowest BCUT2D eigenvalue weighted by molar-refractivity contribution is -0.148. The minimum atomic E-state index is -0.464. The number of carbonyl (C=O) groups is 2. The molecule has 1 saturated heterocycles. The molecular weight excluding hydrogens is 310 g/mol. The summed E-state index contributed by atoms with van der Waals surface area (Å²) in [5.41, 5.74) is -0.861. The van der Waals surface area contributed by atoms with Crippen LogP contribution in [0.3, 0.4) is 0 Å². The maximum Gasteiger partial charge on any atom is 0.410 e. The molecule has 1 aliphatic heterocycles. The van der Waals surface area contributed by atoms with E-state index in [1.807, 2.05) is 41.5 Å². The minimum Gasteiger partial charge on any atom is -0.457 e. The molecule has 24 heavy (non-hydrogen) atoms. The van der Waals surface area contributed by atoms with Crippen LogP contribution in [0.1, 0.15) is 60.8 Å². The van der Waals surface area contributed by atoms with Crippen LogP contribution in [0.15, 0.2) is 12.7 Å². The minimum absolute atomic E-state index is 0.0270. The zero-order valence-corrected chi connectivity index (χ0v) is 15.9. The summed E-state index contributed by atoms with van der Waals surface area (Å²) >= 11 is 0. The Balaban J connectivity index is 0.000000506. The number of carbonyl (C=O) groups excluding carboxylic acids is 2. The van der Waals surface area contributed by atoms with Crippen LogP contribution in [0.25, 0.3) is 0 Å². The predicted octanol–water partition coefficient (Wildman–Crippen LogP) is 3.28. The molecule has 1 N–H and O–H groups in total. The fraction of sp³-hybridized carbons (Fsp3) is 0.778. The summed E-state index contributed by atoms with van der Waals surface area (Å²) in [5.74, 6) is -0.373. The van der Waals surface area contributed by atoms with E-state index in [1.54, 1.807) is 4.90 Å². The van der Waals surface area contributed by atoms with E-state index in [1.165, 1.54) is 0 Å². The Morgan fingerprint density at radius 3 is 2.04 bits per heavy atom. The van der Waals surface area contributed by atoms with E-state index >= 15 is 0 Å². The van der Waals surface area contributed by atoms with E-state index < -0.39 is 11.2 Å². The third kappa shape index (κ3) is 10.3. The molecule has 6 heteroatoms. The number of piperidine rings is 1. The largest absolute Gasteiger partial charge is 0.457 e. The molecule has 0 aromatic heterocycles. The van der Waals surface area contributed by atoms with Gasteiger partial charge in [-0.25, -0.2) is 9.59 Å². The molecule has 0 aliphatic carbocycles. The van der Waals surface area contributed by atoms with Gasteiger partial charge < -0.3 is 19.5 Å². The van der Waals surface area contributed by atoms with E-state index in [0.717, 1.165) is 25.3 Å². The van der Waals surface area contributed by atoms with Crippen LogP contribution >= 0.6 is 0 Å². The van der Waals surface area contributed by atoms with Crippen LogP contribution in [0.5, 0.6) is 0 Å². The van der Waals surface area contributed by atoms with Gasteiger partial charge in [0.2, 0.25) is 0 Å². The maximum atomic E-state index is 11.8. The summed E-state index contributed by atoms with van der Waals surface area (Å²) in [5, 5.41) is 9.16. The molecule has 140 valence electrons. The van der Waals surface area contributed by atoms with Gasteiger partial charge >= 0.3 is 12.1 Å². The fourth-order valence-electron chi connectivity index (χ4n) is 2.09. The number of hydrogen-bond acceptors (Lipinski definition) is 5. The van der Waals surface area contributed by atoms with Gasteiger partial charge in [0.15, 0.2) is 0 Å². The molecule has 0 aromatic rings. The van der Waals surface area contributed by atoms with Gasteiger partial charge in [-0.3, -0.25) is 0 Å². The quantitative estimate of drug-likeness (QED) is 0.615. The number of nitrogens with zero attached hydrogens (tertiary/aromatic N) is 1. The summed E-state index contributed by atoms with van der Waals surface area (Å²) in [6.07, 6.45) is 3.79. The standard InChI is InChI=1S/C11H21NO3.C7H12O2/c1-11(2,3)15-10(14)12-7-5-4-6-9(12)8-13;1-5-6(8)9-7(2,3)4/h9,13H,4-8H2,1-3H3;5H,1H2,2-4H3. The Morgan fingerprint density at radius 2 is 1.67 bits per heavy atom. The van der Waals surface area contributed by atoms with Crippen LogP contribution in [0.4, 0.5) is 4.79 Å². The van der Waals surface area contributed by atoms with Crippen LogP contribution in [0, 0.1) is 0 Å². The van der Waals surface area contributed by atoms with Gasteiger partial charge in [-0.2, -0.15) is 0 Å². The van der Waals surface area contributed by atoms with Gasteiger partial charge in [0.25, 0.3) is 0 Å². The molecule has 0 bridgehead atoms. The van der Waals surface area contributed by atoms with E-state index in [2.05, 4.69) is 6.58 Å².